The highest BCUT2D eigenvalue weighted by Gasteiger charge is 1.98. The molecule has 2 unspecified atom stereocenters. The number of hydrogen-bond acceptors (Lipinski definition) is 4. The van der Waals surface area contributed by atoms with Crippen molar-refractivity contribution in [3.63, 3.8) is 0 Å². The fourth-order valence-corrected chi connectivity index (χ4v) is 3.51. The molecule has 0 amide bonds. The number of carboxylic acid groups (broad SMARTS) is 2. The van der Waals surface area contributed by atoms with E-state index in [2.05, 4.69) is 175 Å². The molecule has 9 heteroatoms. The predicted molar refractivity (Wildman–Crippen MR) is 413 cm³/mol. The van der Waals surface area contributed by atoms with Crippen molar-refractivity contribution in [1.29, 1.82) is 0 Å². The summed E-state index contributed by atoms with van der Waals surface area (Å²) in [6, 6.07) is 61.8. The second-order valence-electron chi connectivity index (χ2n) is 14.0. The molecule has 0 spiro atoms. The van der Waals surface area contributed by atoms with E-state index < -0.39 is 11.9 Å². The molecule has 0 bridgehead atoms. The molecule has 0 heterocycles. The minimum absolute atomic E-state index is 0. The third kappa shape index (κ3) is 196. The van der Waals surface area contributed by atoms with Gasteiger partial charge in [0.05, 0.1) is 0 Å². The lowest BCUT2D eigenvalue weighted by Gasteiger charge is -1.98. The van der Waals surface area contributed by atoms with E-state index in [4.69, 9.17) is 19.8 Å². The minimum Gasteiger partial charge on any atom is -0.481 e. The zero-order chi connectivity index (χ0) is 61.5. The average Bonchev–Trinajstić information content (AvgIpc) is 3.43. The Hall–Kier alpha value is -4.90. The molecule has 0 radical (unpaired) electrons. The van der Waals surface area contributed by atoms with Crippen molar-refractivity contribution in [3.8, 4) is 0 Å². The van der Waals surface area contributed by atoms with Crippen LogP contribution in [0, 0.1) is 34.6 Å². The van der Waals surface area contributed by atoms with Crippen LogP contribution >= 0.6 is 19.8 Å². The quantitative estimate of drug-likeness (QED) is 0.0953. The molecule has 6 nitrogen and oxygen atoms in total. The van der Waals surface area contributed by atoms with E-state index in [1.54, 1.807) is 0 Å². The maximum Gasteiger partial charge on any atom is 0.300 e. The summed E-state index contributed by atoms with van der Waals surface area (Å²) in [6.07, 6.45) is 3.75. The highest BCUT2D eigenvalue weighted by atomic mass is 31.0. The zero-order valence-electron chi connectivity index (χ0n) is 57.6. The Kier molecular flexibility index (Phi) is 244. The van der Waals surface area contributed by atoms with E-state index >= 15 is 0 Å². The van der Waals surface area contributed by atoms with Gasteiger partial charge >= 0.3 is 0 Å². The van der Waals surface area contributed by atoms with E-state index in [0.717, 1.165) is 13.8 Å². The van der Waals surface area contributed by atoms with Gasteiger partial charge < -0.3 is 22.5 Å². The van der Waals surface area contributed by atoms with Crippen LogP contribution in [0.5, 0.6) is 0 Å². The number of aliphatic carboxylic acids is 2. The number of benzene rings is 6. The molecule has 0 aromatic heterocycles. The molecule has 0 fully saturated rings. The van der Waals surface area contributed by atoms with Crippen LogP contribution in [0.2, 0.25) is 13.6 Å². The summed E-state index contributed by atoms with van der Waals surface area (Å²) in [6.45, 7) is 58.4. The van der Waals surface area contributed by atoms with Crippen LogP contribution in [-0.4, -0.2) is 28.9 Å². The molecule has 6 aromatic rings. The summed E-state index contributed by atoms with van der Waals surface area (Å²) in [7, 11) is 0. The van der Waals surface area contributed by atoms with Crippen LogP contribution in [-0.2, 0) is 9.59 Å². The molecule has 83 heavy (non-hydrogen) atoms. The summed E-state index contributed by atoms with van der Waals surface area (Å²) in [5, 5.41) is 14.8. The first-order valence-corrected chi connectivity index (χ1v) is 28.5. The lowest BCUT2D eigenvalue weighted by molar-refractivity contribution is -0.135. The van der Waals surface area contributed by atoms with Crippen LogP contribution < -0.4 is 17.8 Å². The lowest BCUT2D eigenvalue weighted by Crippen LogP contribution is -2.21. The Morgan fingerprint density at radius 2 is 0.386 bits per heavy atom. The molecule has 0 aliphatic heterocycles. The van der Waals surface area contributed by atoms with E-state index in [-0.39, 0.29) is 61.8 Å². The van der Waals surface area contributed by atoms with E-state index in [9.17, 15) is 0 Å². The van der Waals surface area contributed by atoms with Gasteiger partial charge in [-0.3, -0.25) is 9.59 Å². The smallest absolute Gasteiger partial charge is 0.300 e. The van der Waals surface area contributed by atoms with Crippen molar-refractivity contribution >= 4 is 43.9 Å². The average molecular weight is 1210 g/mol. The van der Waals surface area contributed by atoms with Gasteiger partial charge in [-0.15, -0.1) is 0 Å². The fourth-order valence-electron chi connectivity index (χ4n) is 3.51. The number of carbonyl (C=O) groups is 2. The summed E-state index contributed by atoms with van der Waals surface area (Å²) in [4.78, 5) is 18.0. The Labute approximate surface area is 532 Å². The molecule has 2 atom stereocenters. The third-order valence-electron chi connectivity index (χ3n) is 6.17. The molecule has 8 N–H and O–H groups in total. The number of aryl methyl sites for hydroxylation is 5. The van der Waals surface area contributed by atoms with Gasteiger partial charge in [-0.05, 0) is 34.6 Å². The van der Waals surface area contributed by atoms with E-state index in [0.29, 0.717) is 6.71 Å². The van der Waals surface area contributed by atoms with Gasteiger partial charge in [0.25, 0.3) is 11.9 Å². The number of rotatable bonds is 1. The molecule has 0 aliphatic carbocycles. The van der Waals surface area contributed by atoms with E-state index in [1.165, 1.54) is 52.5 Å². The van der Waals surface area contributed by atoms with E-state index in [1.807, 2.05) is 194 Å². The monoisotopic (exact) mass is 1210 g/mol. The molecule has 6 aromatic carbocycles. The summed E-state index contributed by atoms with van der Waals surface area (Å²) in [5.41, 5.74) is 8.02. The molecular formula is C74H153BN2O4P2. The van der Waals surface area contributed by atoms with Crippen molar-refractivity contribution in [2.24, 2.45) is 0 Å². The molecule has 496 valence electrons. The Morgan fingerprint density at radius 1 is 0.301 bits per heavy atom. The maximum absolute atomic E-state index is 9.00. The fraction of sp³-hybridized carbons (Fsp3) is 0.486. The molecule has 0 saturated carbocycles. The molecule has 0 aliphatic rings. The molecular weight excluding hydrogens is 1050 g/mol. The van der Waals surface area contributed by atoms with Gasteiger partial charge in [0.2, 0.25) is 0 Å². The van der Waals surface area contributed by atoms with Crippen molar-refractivity contribution < 1.29 is 19.8 Å². The van der Waals surface area contributed by atoms with Crippen LogP contribution in [0.4, 0.5) is 0 Å². The summed E-state index contributed by atoms with van der Waals surface area (Å²) in [5.74, 6) is -1.67. The van der Waals surface area contributed by atoms with Gasteiger partial charge in [0, 0.05) is 13.8 Å². The summed E-state index contributed by atoms with van der Waals surface area (Å²) >= 11 is 0. The Balaban J connectivity index is -0.0000000287. The van der Waals surface area contributed by atoms with Gasteiger partial charge in [0.1, 0.15) is 0 Å². The van der Waals surface area contributed by atoms with Crippen molar-refractivity contribution in [1.82, 2.24) is 12.3 Å². The van der Waals surface area contributed by atoms with Gasteiger partial charge in [-0.25, -0.2) is 0 Å². The lowest BCUT2D eigenvalue weighted by atomic mass is 9.49. The van der Waals surface area contributed by atoms with Crippen molar-refractivity contribution in [3.05, 3.63) is 210 Å². The normalized spacial score (nSPS) is 6.42. The minimum atomic E-state index is -0.833. The standard InChI is InChI=1S/C8H11B.5C7H8.3C3H8.2C2H4O2.7C2H6.4CH4.2H3N.2H3P/c1-9(2)8-6-4-3-5-7-8;5*1-7-5-3-2-4-6-7;3*1-3-2;2*1-2(3)4;7*1-2;;;;;;;;/h3-7H,1-2H3;5*2-6H,1H3;3*3H2,1-2H3;2*1H3,(H,3,4);7*1-2H3;4*1H4;4*1H3. The van der Waals surface area contributed by atoms with Crippen LogP contribution in [0.25, 0.3) is 0 Å². The maximum atomic E-state index is 9.00. The second-order valence-corrected chi connectivity index (χ2v) is 14.0. The predicted octanol–water partition coefficient (Wildman–Crippen LogP) is 26.2. The number of hydrogen-bond donors (Lipinski definition) is 4. The molecule has 6 rings (SSSR count). The highest BCUT2D eigenvalue weighted by molar-refractivity contribution is 6.92. The largest absolute Gasteiger partial charge is 0.481 e. The highest BCUT2D eigenvalue weighted by Crippen LogP contribution is 1.95. The SMILES string of the molecule is C.C.C.C.CB(C)c1ccccc1.CC.CC.CC.CC.CC.CC.CC.CC(=O)O.CC(=O)O.CCC.CCC.CCC.Cc1ccccc1.Cc1ccccc1.Cc1ccccc1.Cc1ccccc1.Cc1ccccc1.N.N.P.P. The summed E-state index contributed by atoms with van der Waals surface area (Å²) < 4.78 is 0. The first-order valence-electron chi connectivity index (χ1n) is 28.5. The van der Waals surface area contributed by atoms with Crippen LogP contribution in [0.15, 0.2) is 182 Å². The van der Waals surface area contributed by atoms with Gasteiger partial charge in [-0.2, -0.15) is 19.8 Å². The third-order valence-corrected chi connectivity index (χ3v) is 6.17. The van der Waals surface area contributed by atoms with Crippen molar-refractivity contribution in [2.45, 2.75) is 250 Å². The number of carboxylic acids is 2. The zero-order valence-corrected chi connectivity index (χ0v) is 60.4. The first-order chi connectivity index (χ1) is 36.0. The second kappa shape index (κ2) is 147. The van der Waals surface area contributed by atoms with Crippen LogP contribution in [0.1, 0.15) is 229 Å². The van der Waals surface area contributed by atoms with Crippen LogP contribution in [0.3, 0.4) is 0 Å². The topological polar surface area (TPSA) is 145 Å². The van der Waals surface area contributed by atoms with Crippen molar-refractivity contribution in [2.75, 3.05) is 0 Å². The van der Waals surface area contributed by atoms with Gasteiger partial charge in [-0.1, -0.05) is 416 Å². The first kappa shape index (κ1) is 138. The molecule has 0 saturated heterocycles. The Bertz CT molecular complexity index is 1470. The van der Waals surface area contributed by atoms with Gasteiger partial charge in [0.15, 0.2) is 6.71 Å². The Morgan fingerprint density at radius 3 is 0.434 bits per heavy atom.